The zero-order chi connectivity index (χ0) is 21.1. The zero-order valence-corrected chi connectivity index (χ0v) is 17.2. The lowest BCUT2D eigenvalue weighted by atomic mass is 10.1. The Kier molecular flexibility index (Phi) is 5.61. The molecular formula is C22H16F2N2O2S2. The van der Waals surface area contributed by atoms with Gasteiger partial charge in [0.2, 0.25) is 10.0 Å². The van der Waals surface area contributed by atoms with Gasteiger partial charge in [0.05, 0.1) is 17.1 Å². The first-order valence-corrected chi connectivity index (χ1v) is 11.5. The summed E-state index contributed by atoms with van der Waals surface area (Å²) in [4.78, 5) is 4.50. The fourth-order valence-corrected chi connectivity index (χ4v) is 5.02. The van der Waals surface area contributed by atoms with Gasteiger partial charge >= 0.3 is 0 Å². The van der Waals surface area contributed by atoms with Crippen molar-refractivity contribution in [3.63, 3.8) is 0 Å². The first-order chi connectivity index (χ1) is 14.4. The fraction of sp³-hybridized carbons (Fsp3) is 0.0455. The number of hydrogen-bond acceptors (Lipinski definition) is 4. The molecule has 0 radical (unpaired) electrons. The highest BCUT2D eigenvalue weighted by molar-refractivity contribution is 7.91. The average molecular weight is 443 g/mol. The predicted molar refractivity (Wildman–Crippen MR) is 116 cm³/mol. The van der Waals surface area contributed by atoms with E-state index in [1.807, 2.05) is 0 Å². The Hall–Kier alpha value is -3.10. The van der Waals surface area contributed by atoms with Crippen molar-refractivity contribution in [2.45, 2.75) is 5.75 Å². The lowest BCUT2D eigenvalue weighted by Gasteiger charge is -2.11. The number of halogens is 2. The monoisotopic (exact) mass is 442 g/mol. The Morgan fingerprint density at radius 3 is 2.27 bits per heavy atom. The second-order valence-corrected chi connectivity index (χ2v) is 9.13. The molecule has 4 nitrogen and oxygen atoms in total. The van der Waals surface area contributed by atoms with Gasteiger partial charge in [-0.2, -0.15) is 0 Å². The number of benzene rings is 3. The average Bonchev–Trinajstić information content (AvgIpc) is 3.20. The number of rotatable bonds is 6. The minimum atomic E-state index is -3.74. The normalized spacial score (nSPS) is 11.4. The molecule has 0 fully saturated rings. The summed E-state index contributed by atoms with van der Waals surface area (Å²) >= 11 is 1.28. The van der Waals surface area contributed by atoms with Crippen LogP contribution in [-0.4, -0.2) is 13.4 Å². The molecule has 4 rings (SSSR count). The Balaban J connectivity index is 1.62. The van der Waals surface area contributed by atoms with Gasteiger partial charge in [0.15, 0.2) is 0 Å². The van der Waals surface area contributed by atoms with Gasteiger partial charge in [-0.15, -0.1) is 11.3 Å². The molecule has 0 bridgehead atoms. The molecule has 0 spiro atoms. The number of sulfonamides is 1. The van der Waals surface area contributed by atoms with E-state index in [2.05, 4.69) is 9.71 Å². The molecule has 152 valence electrons. The summed E-state index contributed by atoms with van der Waals surface area (Å²) < 4.78 is 55.0. The molecule has 8 heteroatoms. The predicted octanol–water partition coefficient (Wildman–Crippen LogP) is 5.70. The van der Waals surface area contributed by atoms with Crippen LogP contribution in [0, 0.1) is 11.6 Å². The summed E-state index contributed by atoms with van der Waals surface area (Å²) in [5, 5.41) is 2.27. The molecule has 30 heavy (non-hydrogen) atoms. The number of hydrogen-bond donors (Lipinski definition) is 1. The quantitative estimate of drug-likeness (QED) is 0.417. The van der Waals surface area contributed by atoms with Crippen LogP contribution < -0.4 is 4.72 Å². The maximum Gasteiger partial charge on any atom is 0.236 e. The van der Waals surface area contributed by atoms with Crippen molar-refractivity contribution < 1.29 is 17.2 Å². The van der Waals surface area contributed by atoms with E-state index in [-0.39, 0.29) is 11.6 Å². The van der Waals surface area contributed by atoms with E-state index in [1.165, 1.54) is 41.7 Å². The van der Waals surface area contributed by atoms with Crippen LogP contribution in [0.5, 0.6) is 0 Å². The van der Waals surface area contributed by atoms with Gasteiger partial charge in [0.25, 0.3) is 0 Å². The van der Waals surface area contributed by atoms with Gasteiger partial charge < -0.3 is 0 Å². The van der Waals surface area contributed by atoms with E-state index in [9.17, 15) is 17.2 Å². The van der Waals surface area contributed by atoms with Gasteiger partial charge in [-0.3, -0.25) is 4.72 Å². The second-order valence-electron chi connectivity index (χ2n) is 6.55. The summed E-state index contributed by atoms with van der Waals surface area (Å²) in [5.41, 5.74) is 2.35. The summed E-state index contributed by atoms with van der Waals surface area (Å²) in [7, 11) is -3.74. The van der Waals surface area contributed by atoms with Gasteiger partial charge in [-0.05, 0) is 35.9 Å². The third kappa shape index (κ3) is 4.55. The largest absolute Gasteiger partial charge is 0.283 e. The third-order valence-electron chi connectivity index (χ3n) is 4.35. The summed E-state index contributed by atoms with van der Waals surface area (Å²) in [6, 6.07) is 18.5. The first-order valence-electron chi connectivity index (χ1n) is 8.96. The van der Waals surface area contributed by atoms with Crippen LogP contribution in [-0.2, 0) is 15.8 Å². The van der Waals surface area contributed by atoms with Crippen LogP contribution in [0.2, 0.25) is 0 Å². The van der Waals surface area contributed by atoms with Crippen molar-refractivity contribution in [1.29, 1.82) is 0 Å². The first kappa shape index (κ1) is 20.2. The summed E-state index contributed by atoms with van der Waals surface area (Å²) in [6.07, 6.45) is 0. The molecule has 0 aliphatic rings. The van der Waals surface area contributed by atoms with E-state index in [0.29, 0.717) is 33.1 Å². The van der Waals surface area contributed by atoms with Crippen molar-refractivity contribution in [2.24, 2.45) is 0 Å². The van der Waals surface area contributed by atoms with Crippen LogP contribution in [0.4, 0.5) is 14.5 Å². The Morgan fingerprint density at radius 1 is 0.867 bits per heavy atom. The molecule has 0 unspecified atom stereocenters. The van der Waals surface area contributed by atoms with Gasteiger partial charge in [-0.1, -0.05) is 42.5 Å². The molecule has 0 aliphatic heterocycles. The maximum absolute atomic E-state index is 14.1. The molecule has 0 aliphatic carbocycles. The molecular weight excluding hydrogens is 426 g/mol. The van der Waals surface area contributed by atoms with Crippen molar-refractivity contribution in [3.05, 3.63) is 95.4 Å². The number of nitrogens with one attached hydrogen (secondary N) is 1. The molecule has 0 saturated carbocycles. The number of nitrogens with zero attached hydrogens (tertiary/aromatic N) is 1. The van der Waals surface area contributed by atoms with E-state index in [4.69, 9.17) is 0 Å². The molecule has 0 saturated heterocycles. The Labute approximate surface area is 176 Å². The number of aromatic nitrogens is 1. The van der Waals surface area contributed by atoms with Crippen molar-refractivity contribution in [2.75, 3.05) is 4.72 Å². The summed E-state index contributed by atoms with van der Waals surface area (Å²) in [6.45, 7) is 0. The fourth-order valence-electron chi connectivity index (χ4n) is 2.95. The molecule has 1 N–H and O–H groups in total. The van der Waals surface area contributed by atoms with Crippen molar-refractivity contribution >= 4 is 27.0 Å². The van der Waals surface area contributed by atoms with Crippen LogP contribution in [0.1, 0.15) is 5.56 Å². The Morgan fingerprint density at radius 2 is 1.53 bits per heavy atom. The van der Waals surface area contributed by atoms with Crippen LogP contribution in [0.15, 0.2) is 78.2 Å². The van der Waals surface area contributed by atoms with E-state index in [1.54, 1.807) is 47.8 Å². The molecule has 0 atom stereocenters. The lowest BCUT2D eigenvalue weighted by molar-refractivity contribution is 0.600. The standard InChI is InChI=1S/C22H16F2N2O2S2/c23-16-11-9-15(10-12-16)14-30(27,28)26-20-8-4-2-6-18(20)21-13-29-22(25-21)17-5-1-3-7-19(17)24/h1-13,26H,14H2. The Bertz CT molecular complexity index is 1290. The van der Waals surface area contributed by atoms with Crippen molar-refractivity contribution in [1.82, 2.24) is 4.98 Å². The SMILES string of the molecule is O=S(=O)(Cc1ccc(F)cc1)Nc1ccccc1-c1csc(-c2ccccc2F)n1. The zero-order valence-electron chi connectivity index (χ0n) is 15.5. The minimum Gasteiger partial charge on any atom is -0.283 e. The van der Waals surface area contributed by atoms with E-state index >= 15 is 0 Å². The molecule has 4 aromatic rings. The third-order valence-corrected chi connectivity index (χ3v) is 6.47. The van der Waals surface area contributed by atoms with Gasteiger partial charge in [0, 0.05) is 16.5 Å². The van der Waals surface area contributed by atoms with Crippen LogP contribution in [0.25, 0.3) is 21.8 Å². The second kappa shape index (κ2) is 8.33. The molecule has 0 amide bonds. The van der Waals surface area contributed by atoms with Crippen LogP contribution >= 0.6 is 11.3 Å². The lowest BCUT2D eigenvalue weighted by Crippen LogP contribution is -2.15. The maximum atomic E-state index is 14.1. The highest BCUT2D eigenvalue weighted by Crippen LogP contribution is 2.34. The molecule has 3 aromatic carbocycles. The topological polar surface area (TPSA) is 59.1 Å². The number of thiazole rings is 1. The number of para-hydroxylation sites is 1. The van der Waals surface area contributed by atoms with Crippen molar-refractivity contribution in [3.8, 4) is 21.8 Å². The number of anilines is 1. The van der Waals surface area contributed by atoms with Gasteiger partial charge in [0.1, 0.15) is 16.6 Å². The minimum absolute atomic E-state index is 0.293. The highest BCUT2D eigenvalue weighted by atomic mass is 32.2. The summed E-state index contributed by atoms with van der Waals surface area (Å²) in [5.74, 6) is -1.09. The van der Waals surface area contributed by atoms with E-state index < -0.39 is 15.8 Å². The van der Waals surface area contributed by atoms with Crippen LogP contribution in [0.3, 0.4) is 0 Å². The highest BCUT2D eigenvalue weighted by Gasteiger charge is 2.17. The smallest absolute Gasteiger partial charge is 0.236 e. The van der Waals surface area contributed by atoms with Gasteiger partial charge in [-0.25, -0.2) is 22.2 Å². The molecule has 1 heterocycles. The van der Waals surface area contributed by atoms with E-state index in [0.717, 1.165) is 0 Å². The molecule has 1 aromatic heterocycles.